The Bertz CT molecular complexity index is 1090. The molecule has 2 aliphatic rings. The van der Waals surface area contributed by atoms with Gasteiger partial charge in [0.05, 0.1) is 42.7 Å². The van der Waals surface area contributed by atoms with Crippen LogP contribution in [0.3, 0.4) is 0 Å². The zero-order valence-corrected chi connectivity index (χ0v) is 18.5. The molecule has 4 rings (SSSR count). The van der Waals surface area contributed by atoms with Crippen LogP contribution in [-0.4, -0.2) is 50.8 Å². The number of carbonyl (C=O) groups excluding carboxylic acids is 3. The number of nitrogens with zero attached hydrogens (tertiary/aromatic N) is 1. The van der Waals surface area contributed by atoms with E-state index in [-0.39, 0.29) is 25.6 Å². The average Bonchev–Trinajstić information content (AvgIpc) is 2.83. The minimum absolute atomic E-state index is 0.179. The Hall–Kier alpha value is -4.01. The van der Waals surface area contributed by atoms with E-state index in [0.717, 1.165) is 11.3 Å². The van der Waals surface area contributed by atoms with Crippen LogP contribution >= 0.6 is 0 Å². The average molecular weight is 450 g/mol. The zero-order chi connectivity index (χ0) is 23.4. The Balaban J connectivity index is 1.76. The number of fused-ring (bicyclic) bond motifs is 1. The molecule has 2 aromatic rings. The van der Waals surface area contributed by atoms with Crippen LogP contribution in [0.5, 0.6) is 5.75 Å². The lowest BCUT2D eigenvalue weighted by Gasteiger charge is -2.37. The van der Waals surface area contributed by atoms with Crippen molar-refractivity contribution >= 4 is 23.6 Å². The maximum Gasteiger partial charge on any atom is 0.338 e. The van der Waals surface area contributed by atoms with Gasteiger partial charge in [-0.3, -0.25) is 4.79 Å². The smallest absolute Gasteiger partial charge is 0.338 e. The fraction of sp³-hybridized carbons (Fsp3) is 0.292. The normalized spacial score (nSPS) is 19.6. The fourth-order valence-electron chi connectivity index (χ4n) is 4.03. The van der Waals surface area contributed by atoms with E-state index in [1.165, 1.54) is 0 Å². The lowest BCUT2D eigenvalue weighted by molar-refractivity contribution is -0.139. The van der Waals surface area contributed by atoms with Gasteiger partial charge in [0.15, 0.2) is 6.10 Å². The summed E-state index contributed by atoms with van der Waals surface area (Å²) in [7, 11) is 1.55. The van der Waals surface area contributed by atoms with Gasteiger partial charge in [0.1, 0.15) is 5.75 Å². The molecule has 9 nitrogen and oxygen atoms in total. The Morgan fingerprint density at radius 3 is 2.61 bits per heavy atom. The summed E-state index contributed by atoms with van der Waals surface area (Å²) in [5.41, 5.74) is 2.26. The zero-order valence-electron chi connectivity index (χ0n) is 18.5. The molecule has 0 bridgehead atoms. The molecule has 2 atom stereocenters. The van der Waals surface area contributed by atoms with Gasteiger partial charge in [-0.2, -0.15) is 0 Å². The van der Waals surface area contributed by atoms with Gasteiger partial charge in [-0.1, -0.05) is 42.5 Å². The highest BCUT2D eigenvalue weighted by Gasteiger charge is 2.36. The van der Waals surface area contributed by atoms with Crippen LogP contribution in [0.15, 0.2) is 65.9 Å². The summed E-state index contributed by atoms with van der Waals surface area (Å²) in [6.07, 6.45) is -0.737. The standard InChI is InChI=1S/C24H26N4O5/c1-3-32-23(30)20-16(26-24(31)27-21(20)15-9-5-4-6-10-15)13-28-14-19(22(29)25-2)33-18-12-8-7-11-17(18)28/h4-12,19,21H,3,13-14H2,1-2H3,(H,25,29)(H2,26,27,31). The van der Waals surface area contributed by atoms with E-state index in [1.54, 1.807) is 20.0 Å². The Kier molecular flexibility index (Phi) is 6.48. The molecule has 33 heavy (non-hydrogen) atoms. The van der Waals surface area contributed by atoms with E-state index in [4.69, 9.17) is 9.47 Å². The molecule has 3 N–H and O–H groups in total. The lowest BCUT2D eigenvalue weighted by Crippen LogP contribution is -2.52. The van der Waals surface area contributed by atoms with Crippen LogP contribution < -0.4 is 25.6 Å². The third-order valence-electron chi connectivity index (χ3n) is 5.53. The second-order valence-electron chi connectivity index (χ2n) is 7.62. The number of urea groups is 1. The van der Waals surface area contributed by atoms with Crippen LogP contribution in [0.1, 0.15) is 18.5 Å². The first-order chi connectivity index (χ1) is 16.0. The summed E-state index contributed by atoms with van der Waals surface area (Å²) in [5.74, 6) is -0.223. The summed E-state index contributed by atoms with van der Waals surface area (Å²) in [4.78, 5) is 39.9. The molecule has 0 aliphatic carbocycles. The van der Waals surface area contributed by atoms with Gasteiger partial charge in [-0.15, -0.1) is 0 Å². The molecule has 2 unspecified atom stereocenters. The number of anilines is 1. The minimum Gasteiger partial charge on any atom is -0.477 e. The number of carbonyl (C=O) groups is 3. The van der Waals surface area contributed by atoms with Crippen molar-refractivity contribution in [3.8, 4) is 5.75 Å². The van der Waals surface area contributed by atoms with Crippen molar-refractivity contribution in [1.29, 1.82) is 0 Å². The summed E-state index contributed by atoms with van der Waals surface area (Å²) in [5, 5.41) is 8.23. The van der Waals surface area contributed by atoms with E-state index in [9.17, 15) is 14.4 Å². The molecule has 2 heterocycles. The van der Waals surface area contributed by atoms with Crippen LogP contribution in [0.4, 0.5) is 10.5 Å². The van der Waals surface area contributed by atoms with Crippen LogP contribution in [0.25, 0.3) is 0 Å². The summed E-state index contributed by atoms with van der Waals surface area (Å²) < 4.78 is 11.2. The van der Waals surface area contributed by atoms with Gasteiger partial charge >= 0.3 is 12.0 Å². The van der Waals surface area contributed by atoms with Crippen molar-refractivity contribution < 1.29 is 23.9 Å². The minimum atomic E-state index is -0.737. The molecule has 0 saturated carbocycles. The molecule has 172 valence electrons. The predicted molar refractivity (Wildman–Crippen MR) is 122 cm³/mol. The Morgan fingerprint density at radius 1 is 1.15 bits per heavy atom. The Labute approximate surface area is 191 Å². The van der Waals surface area contributed by atoms with Crippen molar-refractivity contribution in [3.05, 3.63) is 71.4 Å². The monoisotopic (exact) mass is 450 g/mol. The molecular formula is C24H26N4O5. The highest BCUT2D eigenvalue weighted by atomic mass is 16.5. The van der Waals surface area contributed by atoms with Crippen molar-refractivity contribution in [2.24, 2.45) is 0 Å². The first-order valence-electron chi connectivity index (χ1n) is 10.8. The summed E-state index contributed by atoms with van der Waals surface area (Å²) in [6.45, 7) is 2.36. The van der Waals surface area contributed by atoms with Crippen LogP contribution in [0, 0.1) is 0 Å². The highest BCUT2D eigenvalue weighted by molar-refractivity contribution is 5.95. The number of hydrogen-bond donors (Lipinski definition) is 3. The number of ether oxygens (including phenoxy) is 2. The molecule has 0 spiro atoms. The van der Waals surface area contributed by atoms with Crippen molar-refractivity contribution in [2.75, 3.05) is 31.6 Å². The van der Waals surface area contributed by atoms with E-state index in [1.807, 2.05) is 53.4 Å². The Morgan fingerprint density at radius 2 is 1.88 bits per heavy atom. The molecule has 9 heteroatoms. The molecular weight excluding hydrogens is 424 g/mol. The van der Waals surface area contributed by atoms with E-state index in [2.05, 4.69) is 16.0 Å². The number of amides is 3. The van der Waals surface area contributed by atoms with Crippen LogP contribution in [0.2, 0.25) is 0 Å². The predicted octanol–water partition coefficient (Wildman–Crippen LogP) is 1.87. The molecule has 3 amide bonds. The van der Waals surface area contributed by atoms with Gasteiger partial charge in [0.25, 0.3) is 5.91 Å². The maximum atomic E-state index is 13.0. The topological polar surface area (TPSA) is 109 Å². The quantitative estimate of drug-likeness (QED) is 0.580. The fourth-order valence-corrected chi connectivity index (χ4v) is 4.03. The number of likely N-dealkylation sites (N-methyl/N-ethyl adjacent to an activating group) is 1. The van der Waals surface area contributed by atoms with Crippen LogP contribution in [-0.2, 0) is 14.3 Å². The van der Waals surface area contributed by atoms with E-state index < -0.39 is 24.1 Å². The van der Waals surface area contributed by atoms with E-state index in [0.29, 0.717) is 17.0 Å². The number of esters is 1. The number of rotatable bonds is 6. The molecule has 0 saturated heterocycles. The first-order valence-corrected chi connectivity index (χ1v) is 10.8. The van der Waals surface area contributed by atoms with Gasteiger partial charge in [-0.25, -0.2) is 9.59 Å². The molecule has 0 aromatic heterocycles. The first kappa shape index (κ1) is 22.2. The van der Waals surface area contributed by atoms with Gasteiger partial charge < -0.3 is 30.3 Å². The third-order valence-corrected chi connectivity index (χ3v) is 5.53. The summed E-state index contributed by atoms with van der Waals surface area (Å²) in [6, 6.07) is 15.5. The molecule has 2 aliphatic heterocycles. The van der Waals surface area contributed by atoms with Gasteiger partial charge in [0, 0.05) is 7.05 Å². The van der Waals surface area contributed by atoms with Crippen molar-refractivity contribution in [2.45, 2.75) is 19.1 Å². The SMILES string of the molecule is CCOC(=O)C1=C(CN2CC(C(=O)NC)Oc3ccccc32)NC(=O)NC1c1ccccc1. The van der Waals surface area contributed by atoms with Crippen molar-refractivity contribution in [3.63, 3.8) is 0 Å². The lowest BCUT2D eigenvalue weighted by atomic mass is 9.95. The maximum absolute atomic E-state index is 13.0. The number of para-hydroxylation sites is 2. The second kappa shape index (κ2) is 9.64. The second-order valence-corrected chi connectivity index (χ2v) is 7.62. The van der Waals surface area contributed by atoms with Crippen molar-refractivity contribution in [1.82, 2.24) is 16.0 Å². The molecule has 0 fully saturated rings. The number of hydrogen-bond acceptors (Lipinski definition) is 6. The number of nitrogens with one attached hydrogen (secondary N) is 3. The largest absolute Gasteiger partial charge is 0.477 e. The van der Waals surface area contributed by atoms with E-state index >= 15 is 0 Å². The van der Waals surface area contributed by atoms with Gasteiger partial charge in [-0.05, 0) is 24.6 Å². The molecule has 0 radical (unpaired) electrons. The summed E-state index contributed by atoms with van der Waals surface area (Å²) >= 11 is 0. The molecule has 2 aromatic carbocycles. The third kappa shape index (κ3) is 4.62. The highest BCUT2D eigenvalue weighted by Crippen LogP contribution is 2.35. The number of benzene rings is 2. The van der Waals surface area contributed by atoms with Gasteiger partial charge in [0.2, 0.25) is 0 Å².